The van der Waals surface area contributed by atoms with Gasteiger partial charge in [-0.15, -0.1) is 0 Å². The average Bonchev–Trinajstić information content (AvgIpc) is 2.34. The predicted molar refractivity (Wildman–Crippen MR) is 70.8 cm³/mol. The molecule has 110 valence electrons. The van der Waals surface area contributed by atoms with Crippen molar-refractivity contribution in [3.05, 3.63) is 0 Å². The molecule has 6 heteroatoms. The molecule has 6 nitrogen and oxygen atoms in total. The number of nitrogens with zero attached hydrogens (tertiary/aromatic N) is 1. The first kappa shape index (κ1) is 15.8. The van der Waals surface area contributed by atoms with Crippen LogP contribution < -0.4 is 5.32 Å². The van der Waals surface area contributed by atoms with Crippen LogP contribution in [0.5, 0.6) is 0 Å². The van der Waals surface area contributed by atoms with Crippen molar-refractivity contribution in [2.45, 2.75) is 45.8 Å². The smallest absolute Gasteiger partial charge is 0.328 e. The largest absolute Gasteiger partial charge is 0.480 e. The van der Waals surface area contributed by atoms with E-state index in [0.29, 0.717) is 24.9 Å². The number of carbonyl (C=O) groups is 2. The van der Waals surface area contributed by atoms with Crippen molar-refractivity contribution in [1.29, 1.82) is 0 Å². The maximum atomic E-state index is 11.9. The van der Waals surface area contributed by atoms with Crippen LogP contribution in [0.3, 0.4) is 0 Å². The summed E-state index contributed by atoms with van der Waals surface area (Å²) in [4.78, 5) is 24.5. The van der Waals surface area contributed by atoms with Crippen LogP contribution in [0.1, 0.15) is 33.6 Å². The second-order valence-corrected chi connectivity index (χ2v) is 5.57. The first-order valence-corrected chi connectivity index (χ1v) is 6.79. The fourth-order valence-corrected chi connectivity index (χ4v) is 2.38. The third-order valence-corrected chi connectivity index (χ3v) is 3.80. The SMILES string of the molecule is CC(C)C1CCN(C(=O)NC(C(=O)O)C(C)O)CC1. The molecule has 0 bridgehead atoms. The second kappa shape index (κ2) is 6.75. The summed E-state index contributed by atoms with van der Waals surface area (Å²) in [6.45, 7) is 6.98. The highest BCUT2D eigenvalue weighted by Crippen LogP contribution is 2.24. The van der Waals surface area contributed by atoms with Crippen molar-refractivity contribution in [3.8, 4) is 0 Å². The molecule has 0 aromatic heterocycles. The Labute approximate surface area is 113 Å². The highest BCUT2D eigenvalue weighted by Gasteiger charge is 2.29. The lowest BCUT2D eigenvalue weighted by Gasteiger charge is -2.34. The van der Waals surface area contributed by atoms with Crippen LogP contribution in [-0.2, 0) is 4.79 Å². The number of hydrogen-bond acceptors (Lipinski definition) is 3. The first-order chi connectivity index (χ1) is 8.82. The lowest BCUT2D eigenvalue weighted by Crippen LogP contribution is -2.53. The summed E-state index contributed by atoms with van der Waals surface area (Å²) in [5.41, 5.74) is 0. The number of carboxylic acids is 1. The molecular formula is C13H24N2O4. The van der Waals surface area contributed by atoms with E-state index in [-0.39, 0.29) is 0 Å². The van der Waals surface area contributed by atoms with E-state index in [1.165, 1.54) is 6.92 Å². The molecule has 1 fully saturated rings. The van der Waals surface area contributed by atoms with Crippen LogP contribution in [0.15, 0.2) is 0 Å². The summed E-state index contributed by atoms with van der Waals surface area (Å²) < 4.78 is 0. The lowest BCUT2D eigenvalue weighted by molar-refractivity contribution is -0.141. The Morgan fingerprint density at radius 1 is 1.21 bits per heavy atom. The van der Waals surface area contributed by atoms with E-state index >= 15 is 0 Å². The molecule has 0 radical (unpaired) electrons. The van der Waals surface area contributed by atoms with Crippen LogP contribution in [0.2, 0.25) is 0 Å². The maximum absolute atomic E-state index is 11.9. The minimum atomic E-state index is -1.25. The molecule has 1 saturated heterocycles. The first-order valence-electron chi connectivity index (χ1n) is 6.79. The van der Waals surface area contributed by atoms with Gasteiger partial charge in [0.1, 0.15) is 0 Å². The minimum Gasteiger partial charge on any atom is -0.480 e. The van der Waals surface area contributed by atoms with E-state index in [1.807, 2.05) is 0 Å². The van der Waals surface area contributed by atoms with E-state index in [0.717, 1.165) is 12.8 Å². The van der Waals surface area contributed by atoms with Gasteiger partial charge in [-0.1, -0.05) is 13.8 Å². The summed E-state index contributed by atoms with van der Waals surface area (Å²) >= 11 is 0. The van der Waals surface area contributed by atoms with E-state index in [2.05, 4.69) is 19.2 Å². The summed E-state index contributed by atoms with van der Waals surface area (Å²) in [7, 11) is 0. The number of carbonyl (C=O) groups excluding carboxylic acids is 1. The minimum absolute atomic E-state index is 0.407. The Morgan fingerprint density at radius 2 is 1.74 bits per heavy atom. The molecule has 2 amide bonds. The third kappa shape index (κ3) is 4.38. The molecule has 0 aromatic rings. The number of aliphatic carboxylic acids is 1. The van der Waals surface area contributed by atoms with Gasteiger partial charge in [0.05, 0.1) is 6.10 Å². The van der Waals surface area contributed by atoms with E-state index in [1.54, 1.807) is 4.90 Å². The van der Waals surface area contributed by atoms with Gasteiger partial charge < -0.3 is 20.4 Å². The van der Waals surface area contributed by atoms with Gasteiger partial charge in [0, 0.05) is 13.1 Å². The second-order valence-electron chi connectivity index (χ2n) is 5.57. The quantitative estimate of drug-likeness (QED) is 0.709. The average molecular weight is 272 g/mol. The number of amides is 2. The summed E-state index contributed by atoms with van der Waals surface area (Å²) in [6, 6.07) is -1.66. The fraction of sp³-hybridized carbons (Fsp3) is 0.846. The van der Waals surface area contributed by atoms with Crippen LogP contribution in [0, 0.1) is 11.8 Å². The molecule has 0 spiro atoms. The molecule has 1 rings (SSSR count). The van der Waals surface area contributed by atoms with Crippen molar-refractivity contribution < 1.29 is 19.8 Å². The monoisotopic (exact) mass is 272 g/mol. The van der Waals surface area contributed by atoms with Crippen LogP contribution in [0.4, 0.5) is 4.79 Å². The highest BCUT2D eigenvalue weighted by molar-refractivity contribution is 5.83. The number of carboxylic acid groups (broad SMARTS) is 1. The van der Waals surface area contributed by atoms with Crippen molar-refractivity contribution >= 4 is 12.0 Å². The van der Waals surface area contributed by atoms with Gasteiger partial charge in [0.2, 0.25) is 0 Å². The van der Waals surface area contributed by atoms with Crippen LogP contribution >= 0.6 is 0 Å². The molecule has 0 aliphatic carbocycles. The number of piperidine rings is 1. The summed E-state index contributed by atoms with van der Waals surface area (Å²) in [6.07, 6.45) is 0.768. The Kier molecular flexibility index (Phi) is 5.60. The normalized spacial score (nSPS) is 20.2. The summed E-state index contributed by atoms with van der Waals surface area (Å²) in [5, 5.41) is 20.6. The van der Waals surface area contributed by atoms with E-state index in [4.69, 9.17) is 5.11 Å². The molecule has 19 heavy (non-hydrogen) atoms. The Hall–Kier alpha value is -1.30. The molecule has 1 aliphatic rings. The number of rotatable bonds is 4. The van der Waals surface area contributed by atoms with Gasteiger partial charge in [0.15, 0.2) is 6.04 Å². The Morgan fingerprint density at radius 3 is 2.11 bits per heavy atom. The van der Waals surface area contributed by atoms with Crippen molar-refractivity contribution in [3.63, 3.8) is 0 Å². The van der Waals surface area contributed by atoms with Gasteiger partial charge in [-0.2, -0.15) is 0 Å². The number of aliphatic hydroxyl groups is 1. The molecule has 2 atom stereocenters. The van der Waals surface area contributed by atoms with E-state index in [9.17, 15) is 14.7 Å². The standard InChI is InChI=1S/C13H24N2O4/c1-8(2)10-4-6-15(7-5-10)13(19)14-11(9(3)16)12(17)18/h8-11,16H,4-7H2,1-3H3,(H,14,19)(H,17,18). The lowest BCUT2D eigenvalue weighted by atomic mass is 9.87. The molecule has 1 heterocycles. The number of urea groups is 1. The number of likely N-dealkylation sites (tertiary alicyclic amines) is 1. The van der Waals surface area contributed by atoms with Crippen molar-refractivity contribution in [1.82, 2.24) is 10.2 Å². The molecular weight excluding hydrogens is 248 g/mol. The third-order valence-electron chi connectivity index (χ3n) is 3.80. The molecule has 1 aliphatic heterocycles. The van der Waals surface area contributed by atoms with Crippen molar-refractivity contribution in [2.75, 3.05) is 13.1 Å². The van der Waals surface area contributed by atoms with Gasteiger partial charge in [-0.3, -0.25) is 0 Å². The van der Waals surface area contributed by atoms with E-state index < -0.39 is 24.1 Å². The van der Waals surface area contributed by atoms with Gasteiger partial charge in [-0.25, -0.2) is 9.59 Å². The Balaban J connectivity index is 2.49. The van der Waals surface area contributed by atoms with Gasteiger partial charge in [0.25, 0.3) is 0 Å². The fourth-order valence-electron chi connectivity index (χ4n) is 2.38. The van der Waals surface area contributed by atoms with Crippen LogP contribution in [0.25, 0.3) is 0 Å². The molecule has 0 aromatic carbocycles. The maximum Gasteiger partial charge on any atom is 0.328 e. The van der Waals surface area contributed by atoms with Gasteiger partial charge in [-0.05, 0) is 31.6 Å². The van der Waals surface area contributed by atoms with Crippen molar-refractivity contribution in [2.24, 2.45) is 11.8 Å². The van der Waals surface area contributed by atoms with Gasteiger partial charge >= 0.3 is 12.0 Å². The zero-order valence-electron chi connectivity index (χ0n) is 11.8. The number of hydrogen-bond donors (Lipinski definition) is 3. The zero-order chi connectivity index (χ0) is 14.6. The number of nitrogens with one attached hydrogen (secondary N) is 1. The van der Waals surface area contributed by atoms with Crippen LogP contribution in [-0.4, -0.2) is 52.3 Å². The summed E-state index contributed by atoms with van der Waals surface area (Å²) in [5.74, 6) is 0.00551. The number of aliphatic hydroxyl groups excluding tert-OH is 1. The Bertz CT molecular complexity index is 323. The zero-order valence-corrected chi connectivity index (χ0v) is 11.8. The topological polar surface area (TPSA) is 89.9 Å². The highest BCUT2D eigenvalue weighted by atomic mass is 16.4. The molecule has 3 N–H and O–H groups in total. The predicted octanol–water partition coefficient (Wildman–Crippen LogP) is 0.898. The molecule has 0 saturated carbocycles. The molecule has 2 unspecified atom stereocenters.